The number of anilines is 3. The van der Waals surface area contributed by atoms with E-state index in [0.29, 0.717) is 48.2 Å². The van der Waals surface area contributed by atoms with E-state index in [2.05, 4.69) is 20.6 Å². The van der Waals surface area contributed by atoms with Crippen LogP contribution >= 0.6 is 0 Å². The number of nitrogens with one attached hydrogen (secondary N) is 2. The standard InChI is InChI=1S/C25H30FN5O4/c1-5-31(16(2)3)23(33)14-22(32)29-17-6-8-18(9-7-17)30-25-24-20(26)12-19(35-11-10-34-4)13-21(24)27-15-28-25/h6-9,12-13,15-16H,5,10-11,14H2,1-4H3,(H,29,32)(H,27,28,30). The van der Waals surface area contributed by atoms with Crippen LogP contribution in [0.2, 0.25) is 0 Å². The molecule has 0 fully saturated rings. The minimum Gasteiger partial charge on any atom is -0.491 e. The first-order valence-corrected chi connectivity index (χ1v) is 11.3. The molecule has 0 saturated carbocycles. The lowest BCUT2D eigenvalue weighted by Gasteiger charge is -2.24. The smallest absolute Gasteiger partial charge is 0.233 e. The Bertz CT molecular complexity index is 1170. The first-order chi connectivity index (χ1) is 16.8. The van der Waals surface area contributed by atoms with Gasteiger partial charge in [-0.15, -0.1) is 0 Å². The molecule has 3 rings (SSSR count). The SMILES string of the molecule is CCN(C(=O)CC(=O)Nc1ccc(Nc2ncnc3cc(OCCOC)cc(F)c23)cc1)C(C)C. The summed E-state index contributed by atoms with van der Waals surface area (Å²) in [6.07, 6.45) is 1.11. The van der Waals surface area contributed by atoms with Crippen LogP contribution in [0.3, 0.4) is 0 Å². The number of rotatable bonds is 11. The molecule has 0 unspecified atom stereocenters. The number of benzene rings is 2. The van der Waals surface area contributed by atoms with Gasteiger partial charge in [-0.3, -0.25) is 9.59 Å². The van der Waals surface area contributed by atoms with Crippen molar-refractivity contribution in [3.63, 3.8) is 0 Å². The fourth-order valence-electron chi connectivity index (χ4n) is 3.59. The van der Waals surface area contributed by atoms with Crippen LogP contribution in [0.1, 0.15) is 27.2 Å². The van der Waals surface area contributed by atoms with Crippen molar-refractivity contribution in [1.29, 1.82) is 0 Å². The summed E-state index contributed by atoms with van der Waals surface area (Å²) in [5.41, 5.74) is 1.57. The van der Waals surface area contributed by atoms with Gasteiger partial charge < -0.3 is 25.0 Å². The van der Waals surface area contributed by atoms with Gasteiger partial charge in [-0.25, -0.2) is 14.4 Å². The maximum absolute atomic E-state index is 14.9. The Morgan fingerprint density at radius 3 is 2.46 bits per heavy atom. The zero-order valence-electron chi connectivity index (χ0n) is 20.3. The lowest BCUT2D eigenvalue weighted by molar-refractivity contribution is -0.135. The van der Waals surface area contributed by atoms with Gasteiger partial charge in [0.25, 0.3) is 0 Å². The van der Waals surface area contributed by atoms with Gasteiger partial charge in [0.15, 0.2) is 0 Å². The molecule has 1 aromatic heterocycles. The summed E-state index contributed by atoms with van der Waals surface area (Å²) in [6, 6.07) is 9.77. The number of carbonyl (C=O) groups is 2. The minimum atomic E-state index is -0.519. The van der Waals surface area contributed by atoms with E-state index in [-0.39, 0.29) is 29.7 Å². The molecule has 2 aromatic carbocycles. The molecule has 1 heterocycles. The van der Waals surface area contributed by atoms with Gasteiger partial charge in [-0.05, 0) is 45.0 Å². The molecule has 3 aromatic rings. The maximum Gasteiger partial charge on any atom is 0.233 e. The fourth-order valence-corrected chi connectivity index (χ4v) is 3.59. The quantitative estimate of drug-likeness (QED) is 0.312. The highest BCUT2D eigenvalue weighted by Gasteiger charge is 2.18. The van der Waals surface area contributed by atoms with E-state index >= 15 is 0 Å². The van der Waals surface area contributed by atoms with Gasteiger partial charge in [0.1, 0.15) is 36.7 Å². The third-order valence-corrected chi connectivity index (χ3v) is 5.25. The number of methoxy groups -OCH3 is 1. The van der Waals surface area contributed by atoms with Crippen molar-refractivity contribution in [3.05, 3.63) is 48.5 Å². The Hall–Kier alpha value is -3.79. The van der Waals surface area contributed by atoms with Gasteiger partial charge >= 0.3 is 0 Å². The van der Waals surface area contributed by atoms with E-state index in [1.165, 1.54) is 12.4 Å². The van der Waals surface area contributed by atoms with E-state index < -0.39 is 5.82 Å². The summed E-state index contributed by atoms with van der Waals surface area (Å²) in [5.74, 6) is -0.475. The van der Waals surface area contributed by atoms with Crippen LogP contribution in [0.15, 0.2) is 42.7 Å². The molecule has 35 heavy (non-hydrogen) atoms. The normalized spacial score (nSPS) is 10.9. The number of amides is 2. The van der Waals surface area contributed by atoms with Crippen LogP contribution in [-0.4, -0.2) is 59.6 Å². The second kappa shape index (κ2) is 12.1. The van der Waals surface area contributed by atoms with Crippen molar-refractivity contribution < 1.29 is 23.5 Å². The molecule has 0 aliphatic rings. The molecule has 0 spiro atoms. The Balaban J connectivity index is 1.68. The molecule has 2 amide bonds. The van der Waals surface area contributed by atoms with E-state index in [4.69, 9.17) is 9.47 Å². The molecule has 0 saturated heterocycles. The summed E-state index contributed by atoms with van der Waals surface area (Å²) in [4.78, 5) is 34.6. The summed E-state index contributed by atoms with van der Waals surface area (Å²) in [7, 11) is 1.56. The molecular weight excluding hydrogens is 453 g/mol. The van der Waals surface area contributed by atoms with Crippen molar-refractivity contribution in [3.8, 4) is 5.75 Å². The number of fused-ring (bicyclic) bond motifs is 1. The number of ether oxygens (including phenoxy) is 2. The number of hydrogen-bond donors (Lipinski definition) is 2. The van der Waals surface area contributed by atoms with Crippen molar-refractivity contribution in [2.45, 2.75) is 33.2 Å². The number of carbonyl (C=O) groups excluding carboxylic acids is 2. The van der Waals surface area contributed by atoms with Crippen LogP contribution in [0.4, 0.5) is 21.6 Å². The van der Waals surface area contributed by atoms with E-state index in [1.54, 1.807) is 42.3 Å². The topological polar surface area (TPSA) is 106 Å². The lowest BCUT2D eigenvalue weighted by atomic mass is 10.2. The molecule has 0 aliphatic heterocycles. The minimum absolute atomic E-state index is 0.0307. The van der Waals surface area contributed by atoms with Crippen molar-refractivity contribution in [1.82, 2.24) is 14.9 Å². The average molecular weight is 484 g/mol. The monoisotopic (exact) mass is 483 g/mol. The molecule has 0 atom stereocenters. The number of nitrogens with zero attached hydrogens (tertiary/aromatic N) is 3. The third kappa shape index (κ3) is 6.86. The van der Waals surface area contributed by atoms with Crippen LogP contribution in [0, 0.1) is 5.82 Å². The number of aromatic nitrogens is 2. The summed E-state index contributed by atoms with van der Waals surface area (Å²) in [5, 5.41) is 6.04. The van der Waals surface area contributed by atoms with Gasteiger partial charge in [-0.1, -0.05) is 0 Å². The average Bonchev–Trinajstić information content (AvgIpc) is 2.80. The van der Waals surface area contributed by atoms with Gasteiger partial charge in [0.05, 0.1) is 17.5 Å². The molecule has 0 bridgehead atoms. The predicted octanol–water partition coefficient (Wildman–Crippen LogP) is 4.12. The fraction of sp³-hybridized carbons (Fsp3) is 0.360. The lowest BCUT2D eigenvalue weighted by Crippen LogP contribution is -2.38. The van der Waals surface area contributed by atoms with Gasteiger partial charge in [-0.2, -0.15) is 0 Å². The Morgan fingerprint density at radius 2 is 1.80 bits per heavy atom. The van der Waals surface area contributed by atoms with E-state index in [9.17, 15) is 14.0 Å². The largest absolute Gasteiger partial charge is 0.491 e. The molecule has 0 radical (unpaired) electrons. The van der Waals surface area contributed by atoms with Crippen LogP contribution < -0.4 is 15.4 Å². The summed E-state index contributed by atoms with van der Waals surface area (Å²) >= 11 is 0. The highest BCUT2D eigenvalue weighted by molar-refractivity contribution is 6.03. The molecule has 0 aliphatic carbocycles. The Labute approximate surface area is 203 Å². The van der Waals surface area contributed by atoms with E-state index in [0.717, 1.165) is 0 Å². The first-order valence-electron chi connectivity index (χ1n) is 11.3. The molecule has 186 valence electrons. The first kappa shape index (κ1) is 25.8. The summed E-state index contributed by atoms with van der Waals surface area (Å²) in [6.45, 7) is 6.93. The second-order valence-electron chi connectivity index (χ2n) is 8.06. The van der Waals surface area contributed by atoms with Crippen LogP contribution in [0.25, 0.3) is 10.9 Å². The zero-order chi connectivity index (χ0) is 25.4. The highest BCUT2D eigenvalue weighted by atomic mass is 19.1. The summed E-state index contributed by atoms with van der Waals surface area (Å²) < 4.78 is 25.3. The molecule has 2 N–H and O–H groups in total. The number of halogens is 1. The van der Waals surface area contributed by atoms with E-state index in [1.807, 2.05) is 20.8 Å². The third-order valence-electron chi connectivity index (χ3n) is 5.25. The molecule has 10 heteroatoms. The van der Waals surface area contributed by atoms with Crippen molar-refractivity contribution >= 4 is 39.9 Å². The molecular formula is C25H30FN5O4. The number of hydrogen-bond acceptors (Lipinski definition) is 7. The van der Waals surface area contributed by atoms with Gasteiger partial charge in [0, 0.05) is 43.2 Å². The van der Waals surface area contributed by atoms with Crippen LogP contribution in [-0.2, 0) is 14.3 Å². The van der Waals surface area contributed by atoms with Gasteiger partial charge in [0.2, 0.25) is 11.8 Å². The van der Waals surface area contributed by atoms with Crippen LogP contribution in [0.5, 0.6) is 5.75 Å². The molecule has 9 nitrogen and oxygen atoms in total. The Kier molecular flexibility index (Phi) is 8.91. The zero-order valence-corrected chi connectivity index (χ0v) is 20.3. The highest BCUT2D eigenvalue weighted by Crippen LogP contribution is 2.29. The Morgan fingerprint density at radius 1 is 1.09 bits per heavy atom. The second-order valence-corrected chi connectivity index (χ2v) is 8.06. The maximum atomic E-state index is 14.9. The van der Waals surface area contributed by atoms with Crippen molar-refractivity contribution in [2.24, 2.45) is 0 Å². The predicted molar refractivity (Wildman–Crippen MR) is 132 cm³/mol. The van der Waals surface area contributed by atoms with Crippen molar-refractivity contribution in [2.75, 3.05) is 37.5 Å².